The normalized spacial score (nSPS) is 13.5. The summed E-state index contributed by atoms with van der Waals surface area (Å²) in [5.41, 5.74) is 1.04. The van der Waals surface area contributed by atoms with E-state index in [1.807, 2.05) is 5.32 Å². The van der Waals surface area contributed by atoms with Crippen molar-refractivity contribution in [3.8, 4) is 0 Å². The lowest BCUT2D eigenvalue weighted by Gasteiger charge is -2.14. The third-order valence-corrected chi connectivity index (χ3v) is 2.19. The van der Waals surface area contributed by atoms with E-state index in [2.05, 4.69) is 10.2 Å². The van der Waals surface area contributed by atoms with Crippen molar-refractivity contribution in [2.24, 2.45) is 0 Å². The maximum Gasteiger partial charge on any atom is 0.416 e. The van der Waals surface area contributed by atoms with Crippen LogP contribution in [0, 0.1) is 13.8 Å². The van der Waals surface area contributed by atoms with E-state index in [4.69, 9.17) is 5.11 Å². The zero-order valence-corrected chi connectivity index (χ0v) is 9.22. The van der Waals surface area contributed by atoms with Gasteiger partial charge in [-0.2, -0.15) is 18.3 Å². The van der Waals surface area contributed by atoms with Gasteiger partial charge in [-0.05, 0) is 13.8 Å². The lowest BCUT2D eigenvalue weighted by Crippen LogP contribution is -2.40. The van der Waals surface area contributed by atoms with Crippen LogP contribution in [0.1, 0.15) is 21.7 Å². The molecular formula is C9H12F3N3O2. The Kier molecular flexibility index (Phi) is 3.76. The van der Waals surface area contributed by atoms with Crippen molar-refractivity contribution >= 4 is 5.91 Å². The Morgan fingerprint density at radius 1 is 1.53 bits per heavy atom. The molecular weight excluding hydrogens is 239 g/mol. The molecule has 0 bridgehead atoms. The van der Waals surface area contributed by atoms with Gasteiger partial charge in [0.15, 0.2) is 6.10 Å². The quantitative estimate of drug-likeness (QED) is 0.739. The summed E-state index contributed by atoms with van der Waals surface area (Å²) in [5.74, 6) is -0.697. The molecule has 5 nitrogen and oxygen atoms in total. The van der Waals surface area contributed by atoms with Crippen LogP contribution in [0.2, 0.25) is 0 Å². The molecule has 0 aromatic carbocycles. The first-order valence-electron chi connectivity index (χ1n) is 4.78. The first kappa shape index (κ1) is 13.5. The summed E-state index contributed by atoms with van der Waals surface area (Å²) in [5, 5.41) is 17.0. The summed E-state index contributed by atoms with van der Waals surface area (Å²) in [4.78, 5) is 11.5. The van der Waals surface area contributed by atoms with Crippen molar-refractivity contribution in [3.05, 3.63) is 17.0 Å². The average molecular weight is 251 g/mol. The number of H-pyrrole nitrogens is 1. The van der Waals surface area contributed by atoms with Gasteiger partial charge in [0, 0.05) is 5.69 Å². The lowest BCUT2D eigenvalue weighted by atomic mass is 10.2. The molecule has 0 aliphatic carbocycles. The zero-order valence-electron chi connectivity index (χ0n) is 9.22. The summed E-state index contributed by atoms with van der Waals surface area (Å²) < 4.78 is 35.9. The average Bonchev–Trinajstić information content (AvgIpc) is 2.53. The highest BCUT2D eigenvalue weighted by atomic mass is 19.4. The van der Waals surface area contributed by atoms with Gasteiger partial charge in [-0.15, -0.1) is 0 Å². The molecule has 0 spiro atoms. The molecule has 0 fully saturated rings. The number of carbonyl (C=O) groups excluding carboxylic acids is 1. The van der Waals surface area contributed by atoms with E-state index in [9.17, 15) is 18.0 Å². The smallest absolute Gasteiger partial charge is 0.382 e. The second-order valence-corrected chi connectivity index (χ2v) is 3.58. The number of aliphatic hydroxyl groups is 1. The number of aliphatic hydroxyl groups excluding tert-OH is 1. The fraction of sp³-hybridized carbons (Fsp3) is 0.556. The van der Waals surface area contributed by atoms with Crippen molar-refractivity contribution in [3.63, 3.8) is 0 Å². The molecule has 0 saturated heterocycles. The first-order valence-corrected chi connectivity index (χ1v) is 4.78. The van der Waals surface area contributed by atoms with Crippen LogP contribution in [0.15, 0.2) is 0 Å². The van der Waals surface area contributed by atoms with Crippen LogP contribution in [0.25, 0.3) is 0 Å². The second kappa shape index (κ2) is 4.74. The molecule has 0 radical (unpaired) electrons. The number of hydrogen-bond donors (Lipinski definition) is 3. The molecule has 8 heteroatoms. The van der Waals surface area contributed by atoms with Gasteiger partial charge >= 0.3 is 6.18 Å². The monoisotopic (exact) mass is 251 g/mol. The summed E-state index contributed by atoms with van der Waals surface area (Å²) >= 11 is 0. The minimum absolute atomic E-state index is 0.194. The fourth-order valence-electron chi connectivity index (χ4n) is 1.28. The Morgan fingerprint density at radius 3 is 2.53 bits per heavy atom. The zero-order chi connectivity index (χ0) is 13.2. The number of halogens is 3. The molecule has 96 valence electrons. The Hall–Kier alpha value is -1.57. The molecule has 3 N–H and O–H groups in total. The Labute approximate surface area is 95.0 Å². The van der Waals surface area contributed by atoms with Crippen molar-refractivity contribution in [1.82, 2.24) is 15.5 Å². The van der Waals surface area contributed by atoms with Crippen LogP contribution in [-0.4, -0.2) is 40.0 Å². The molecule has 0 aliphatic rings. The number of nitrogens with one attached hydrogen (secondary N) is 2. The molecule has 1 heterocycles. The van der Waals surface area contributed by atoms with Crippen molar-refractivity contribution in [2.45, 2.75) is 26.1 Å². The number of aromatic amines is 1. The maximum atomic E-state index is 12.0. The number of hydrogen-bond acceptors (Lipinski definition) is 3. The maximum absolute atomic E-state index is 12.0. The minimum atomic E-state index is -4.74. The summed E-state index contributed by atoms with van der Waals surface area (Å²) in [6, 6.07) is 0. The molecule has 0 saturated carbocycles. The van der Waals surface area contributed by atoms with E-state index in [1.54, 1.807) is 13.8 Å². The van der Waals surface area contributed by atoms with Gasteiger partial charge in [-0.25, -0.2) is 0 Å². The van der Waals surface area contributed by atoms with Gasteiger partial charge in [-0.3, -0.25) is 9.89 Å². The number of carbonyl (C=O) groups is 1. The molecule has 1 atom stereocenters. The van der Waals surface area contributed by atoms with Gasteiger partial charge in [0.1, 0.15) is 0 Å². The van der Waals surface area contributed by atoms with Crippen molar-refractivity contribution < 1.29 is 23.1 Å². The van der Waals surface area contributed by atoms with Crippen LogP contribution in [0.4, 0.5) is 13.2 Å². The molecule has 1 amide bonds. The number of rotatable bonds is 3. The van der Waals surface area contributed by atoms with E-state index < -0.39 is 24.7 Å². The van der Waals surface area contributed by atoms with Crippen LogP contribution < -0.4 is 5.32 Å². The molecule has 1 aromatic heterocycles. The number of alkyl halides is 3. The van der Waals surface area contributed by atoms with E-state index in [1.165, 1.54) is 0 Å². The second-order valence-electron chi connectivity index (χ2n) is 3.58. The van der Waals surface area contributed by atoms with Crippen LogP contribution in [-0.2, 0) is 0 Å². The first-order chi connectivity index (χ1) is 7.73. The van der Waals surface area contributed by atoms with E-state index in [0.29, 0.717) is 11.4 Å². The Morgan fingerprint density at radius 2 is 2.12 bits per heavy atom. The third-order valence-electron chi connectivity index (χ3n) is 2.19. The predicted molar refractivity (Wildman–Crippen MR) is 52.5 cm³/mol. The van der Waals surface area contributed by atoms with Crippen molar-refractivity contribution in [1.29, 1.82) is 0 Å². The number of amides is 1. The van der Waals surface area contributed by atoms with Gasteiger partial charge in [-0.1, -0.05) is 0 Å². The highest BCUT2D eigenvalue weighted by Crippen LogP contribution is 2.19. The number of aryl methyl sites for hydroxylation is 2. The summed E-state index contributed by atoms with van der Waals surface area (Å²) in [6.07, 6.45) is -7.31. The van der Waals surface area contributed by atoms with Crippen molar-refractivity contribution in [2.75, 3.05) is 6.54 Å². The minimum Gasteiger partial charge on any atom is -0.382 e. The molecule has 1 unspecified atom stereocenters. The molecule has 17 heavy (non-hydrogen) atoms. The van der Waals surface area contributed by atoms with Gasteiger partial charge in [0.25, 0.3) is 5.91 Å². The highest BCUT2D eigenvalue weighted by Gasteiger charge is 2.38. The molecule has 0 aliphatic heterocycles. The Bertz CT molecular complexity index is 395. The van der Waals surface area contributed by atoms with E-state index in [0.717, 1.165) is 0 Å². The predicted octanol–water partition coefficient (Wildman–Crippen LogP) is 0.680. The summed E-state index contributed by atoms with van der Waals surface area (Å²) in [6.45, 7) is 2.25. The van der Waals surface area contributed by atoms with E-state index >= 15 is 0 Å². The number of nitrogens with zero attached hydrogens (tertiary/aromatic N) is 1. The van der Waals surface area contributed by atoms with E-state index in [-0.39, 0.29) is 5.56 Å². The third kappa shape index (κ3) is 3.19. The topological polar surface area (TPSA) is 78.0 Å². The molecule has 1 aromatic rings. The van der Waals surface area contributed by atoms with Gasteiger partial charge in [0.2, 0.25) is 0 Å². The highest BCUT2D eigenvalue weighted by molar-refractivity contribution is 5.96. The standard InChI is InChI=1S/C9H12F3N3O2/c1-4-7(5(2)15-14-4)8(17)13-3-6(16)9(10,11)12/h6,16H,3H2,1-2H3,(H,13,17)(H,14,15). The van der Waals surface area contributed by atoms with Gasteiger partial charge < -0.3 is 10.4 Å². The Balaban J connectivity index is 2.63. The lowest BCUT2D eigenvalue weighted by molar-refractivity contribution is -0.201. The van der Waals surface area contributed by atoms with Crippen LogP contribution >= 0.6 is 0 Å². The molecule has 1 rings (SSSR count). The number of aromatic nitrogens is 2. The van der Waals surface area contributed by atoms with Crippen LogP contribution in [0.3, 0.4) is 0 Å². The SMILES string of the molecule is Cc1n[nH]c(C)c1C(=O)NCC(O)C(F)(F)F. The van der Waals surface area contributed by atoms with Gasteiger partial charge in [0.05, 0.1) is 17.8 Å². The largest absolute Gasteiger partial charge is 0.416 e. The fourth-order valence-corrected chi connectivity index (χ4v) is 1.28. The summed E-state index contributed by atoms with van der Waals surface area (Å²) in [7, 11) is 0. The van der Waals surface area contributed by atoms with Crippen LogP contribution in [0.5, 0.6) is 0 Å².